The summed E-state index contributed by atoms with van der Waals surface area (Å²) in [5.41, 5.74) is 5.47. The van der Waals surface area contributed by atoms with Crippen molar-refractivity contribution in [2.24, 2.45) is 5.73 Å². The van der Waals surface area contributed by atoms with Crippen molar-refractivity contribution in [1.82, 2.24) is 5.32 Å². The highest BCUT2D eigenvalue weighted by Gasteiger charge is 2.35. The van der Waals surface area contributed by atoms with E-state index in [9.17, 15) is 0 Å². The van der Waals surface area contributed by atoms with Gasteiger partial charge in [-0.1, -0.05) is 0 Å². The third kappa shape index (κ3) is 1.23. The van der Waals surface area contributed by atoms with Crippen LogP contribution >= 0.6 is 0 Å². The normalized spacial score (nSPS) is 23.3. The molecule has 0 aromatic rings. The third-order valence-corrected chi connectivity index (χ3v) is 1.72. The van der Waals surface area contributed by atoms with Crippen molar-refractivity contribution in [3.05, 3.63) is 0 Å². The van der Waals surface area contributed by atoms with Gasteiger partial charge in [-0.05, 0) is 6.92 Å². The van der Waals surface area contributed by atoms with Gasteiger partial charge in [0.1, 0.15) is 5.60 Å². The Morgan fingerprint density at radius 2 is 2.33 bits per heavy atom. The van der Waals surface area contributed by atoms with E-state index in [0.717, 1.165) is 19.7 Å². The average Bonchev–Trinajstić information content (AvgIpc) is 1.79. The van der Waals surface area contributed by atoms with Gasteiger partial charge in [-0.25, -0.2) is 0 Å². The van der Waals surface area contributed by atoms with E-state index in [1.165, 1.54) is 0 Å². The zero-order chi connectivity index (χ0) is 6.74. The van der Waals surface area contributed by atoms with Crippen LogP contribution in [0.25, 0.3) is 0 Å². The molecule has 1 aliphatic heterocycles. The van der Waals surface area contributed by atoms with E-state index in [4.69, 9.17) is 10.5 Å². The van der Waals surface area contributed by atoms with Crippen LogP contribution in [0.4, 0.5) is 0 Å². The minimum Gasteiger partial charge on any atom is -0.371 e. The van der Waals surface area contributed by atoms with Crippen LogP contribution in [0.15, 0.2) is 0 Å². The minimum atomic E-state index is -0.0191. The summed E-state index contributed by atoms with van der Waals surface area (Å²) in [5.74, 6) is 0. The predicted molar refractivity (Wildman–Crippen MR) is 36.3 cm³/mol. The monoisotopic (exact) mass is 130 g/mol. The molecule has 1 heterocycles. The van der Waals surface area contributed by atoms with Crippen molar-refractivity contribution in [2.75, 3.05) is 26.2 Å². The molecule has 3 heteroatoms. The van der Waals surface area contributed by atoms with E-state index in [0.29, 0.717) is 6.54 Å². The topological polar surface area (TPSA) is 47.3 Å². The van der Waals surface area contributed by atoms with Crippen LogP contribution in [-0.2, 0) is 4.74 Å². The Kier molecular flexibility index (Phi) is 2.05. The molecule has 0 aliphatic carbocycles. The summed E-state index contributed by atoms with van der Waals surface area (Å²) in [7, 11) is 0. The summed E-state index contributed by atoms with van der Waals surface area (Å²) in [4.78, 5) is 0. The second kappa shape index (κ2) is 2.64. The number of nitrogens with two attached hydrogens (primary N) is 1. The zero-order valence-corrected chi connectivity index (χ0v) is 5.81. The van der Waals surface area contributed by atoms with E-state index >= 15 is 0 Å². The Morgan fingerprint density at radius 3 is 2.44 bits per heavy atom. The molecule has 9 heavy (non-hydrogen) atoms. The molecule has 0 unspecified atom stereocenters. The molecule has 0 radical (unpaired) electrons. The van der Waals surface area contributed by atoms with Gasteiger partial charge < -0.3 is 15.8 Å². The van der Waals surface area contributed by atoms with E-state index in [-0.39, 0.29) is 5.60 Å². The van der Waals surface area contributed by atoms with Crippen LogP contribution in [0.3, 0.4) is 0 Å². The highest BCUT2D eigenvalue weighted by Crippen LogP contribution is 2.13. The number of hydrogen-bond donors (Lipinski definition) is 2. The molecule has 0 aromatic heterocycles. The van der Waals surface area contributed by atoms with Crippen LogP contribution < -0.4 is 11.1 Å². The summed E-state index contributed by atoms with van der Waals surface area (Å²) >= 11 is 0. The van der Waals surface area contributed by atoms with Crippen LogP contribution in [0.5, 0.6) is 0 Å². The number of nitrogens with one attached hydrogen (secondary N) is 1. The molecule has 1 rings (SSSR count). The van der Waals surface area contributed by atoms with Crippen molar-refractivity contribution in [1.29, 1.82) is 0 Å². The zero-order valence-electron chi connectivity index (χ0n) is 5.81. The van der Waals surface area contributed by atoms with Gasteiger partial charge in [0, 0.05) is 26.2 Å². The molecule has 3 nitrogen and oxygen atoms in total. The maximum Gasteiger partial charge on any atom is 0.105 e. The molecule has 1 fully saturated rings. The van der Waals surface area contributed by atoms with Gasteiger partial charge in [-0.15, -0.1) is 0 Å². The van der Waals surface area contributed by atoms with Crippen LogP contribution in [0.2, 0.25) is 0 Å². The summed E-state index contributed by atoms with van der Waals surface area (Å²) in [6.07, 6.45) is 0. The lowest BCUT2D eigenvalue weighted by atomic mass is 9.97. The lowest BCUT2D eigenvalue weighted by Crippen LogP contribution is -2.65. The van der Waals surface area contributed by atoms with Crippen molar-refractivity contribution in [2.45, 2.75) is 12.5 Å². The third-order valence-electron chi connectivity index (χ3n) is 1.72. The fraction of sp³-hybridized carbons (Fsp3) is 1.00. The van der Waals surface area contributed by atoms with E-state index in [1.807, 2.05) is 6.92 Å². The molecule has 3 N–H and O–H groups in total. The Hall–Kier alpha value is -0.120. The number of ether oxygens (including phenoxy) is 1. The molecular weight excluding hydrogens is 116 g/mol. The maximum atomic E-state index is 5.49. The van der Waals surface area contributed by atoms with Gasteiger partial charge in [0.15, 0.2) is 0 Å². The lowest BCUT2D eigenvalue weighted by Gasteiger charge is -2.41. The SMILES string of the molecule is CCOC1(CN)CNC1. The van der Waals surface area contributed by atoms with Crippen LogP contribution in [0.1, 0.15) is 6.92 Å². The lowest BCUT2D eigenvalue weighted by molar-refractivity contribution is -0.0678. The van der Waals surface area contributed by atoms with Gasteiger partial charge in [-0.3, -0.25) is 0 Å². The van der Waals surface area contributed by atoms with Crippen molar-refractivity contribution in [3.63, 3.8) is 0 Å². The molecular formula is C6H14N2O. The standard InChI is InChI=1S/C6H14N2O/c1-2-9-6(3-7)4-8-5-6/h8H,2-5,7H2,1H3. The highest BCUT2D eigenvalue weighted by atomic mass is 16.5. The second-order valence-electron chi connectivity index (χ2n) is 2.42. The first-order chi connectivity index (χ1) is 4.33. The van der Waals surface area contributed by atoms with E-state index in [2.05, 4.69) is 5.32 Å². The van der Waals surface area contributed by atoms with Crippen molar-refractivity contribution >= 4 is 0 Å². The second-order valence-corrected chi connectivity index (χ2v) is 2.42. The fourth-order valence-corrected chi connectivity index (χ4v) is 1.02. The molecule has 0 atom stereocenters. The highest BCUT2D eigenvalue weighted by molar-refractivity contribution is 4.95. The molecule has 0 spiro atoms. The number of hydrogen-bond acceptors (Lipinski definition) is 3. The quantitative estimate of drug-likeness (QED) is 0.532. The van der Waals surface area contributed by atoms with Crippen molar-refractivity contribution in [3.8, 4) is 0 Å². The summed E-state index contributed by atoms with van der Waals surface area (Å²) in [5, 5.41) is 3.13. The smallest absolute Gasteiger partial charge is 0.105 e. The first-order valence-electron chi connectivity index (χ1n) is 3.38. The Bertz CT molecular complexity index is 85.5. The molecule has 0 amide bonds. The van der Waals surface area contributed by atoms with Gasteiger partial charge in [0.05, 0.1) is 0 Å². The first-order valence-corrected chi connectivity index (χ1v) is 3.38. The Morgan fingerprint density at radius 1 is 1.67 bits per heavy atom. The van der Waals surface area contributed by atoms with Gasteiger partial charge in [-0.2, -0.15) is 0 Å². The molecule has 54 valence electrons. The fourth-order valence-electron chi connectivity index (χ4n) is 1.02. The predicted octanol–water partition coefficient (Wildman–Crippen LogP) is -0.676. The van der Waals surface area contributed by atoms with E-state index < -0.39 is 0 Å². The molecule has 0 bridgehead atoms. The minimum absolute atomic E-state index is 0.0191. The van der Waals surface area contributed by atoms with Crippen molar-refractivity contribution < 1.29 is 4.74 Å². The van der Waals surface area contributed by atoms with Gasteiger partial charge in [0.25, 0.3) is 0 Å². The molecule has 0 aromatic carbocycles. The van der Waals surface area contributed by atoms with Gasteiger partial charge >= 0.3 is 0 Å². The van der Waals surface area contributed by atoms with Gasteiger partial charge in [0.2, 0.25) is 0 Å². The van der Waals surface area contributed by atoms with Crippen LogP contribution in [0, 0.1) is 0 Å². The number of rotatable bonds is 3. The first kappa shape index (κ1) is 6.99. The Balaban J connectivity index is 2.28. The molecule has 1 saturated heterocycles. The summed E-state index contributed by atoms with van der Waals surface area (Å²) < 4.78 is 5.43. The molecule has 0 saturated carbocycles. The Labute approximate surface area is 55.6 Å². The maximum absolute atomic E-state index is 5.49. The summed E-state index contributed by atoms with van der Waals surface area (Å²) in [6.45, 7) is 5.22. The average molecular weight is 130 g/mol. The van der Waals surface area contributed by atoms with E-state index in [1.54, 1.807) is 0 Å². The van der Waals surface area contributed by atoms with Crippen LogP contribution in [-0.4, -0.2) is 31.8 Å². The molecule has 1 aliphatic rings. The summed E-state index contributed by atoms with van der Waals surface area (Å²) in [6, 6.07) is 0. The largest absolute Gasteiger partial charge is 0.371 e.